The zero-order valence-electron chi connectivity index (χ0n) is 9.98. The van der Waals surface area contributed by atoms with E-state index in [0.717, 1.165) is 30.4 Å². The fourth-order valence-corrected chi connectivity index (χ4v) is 2.56. The van der Waals surface area contributed by atoms with Gasteiger partial charge in [-0.15, -0.1) is 0 Å². The fraction of sp³-hybridized carbons (Fsp3) is 0.500. The molecule has 2 rings (SSSR count). The van der Waals surface area contributed by atoms with E-state index in [9.17, 15) is 5.11 Å². The molecule has 0 radical (unpaired) electrons. The average molecular weight is 217 g/mol. The monoisotopic (exact) mass is 217 g/mol. The van der Waals surface area contributed by atoms with E-state index in [0.29, 0.717) is 5.92 Å². The van der Waals surface area contributed by atoms with Gasteiger partial charge in [0.25, 0.3) is 0 Å². The van der Waals surface area contributed by atoms with Gasteiger partial charge in [0.15, 0.2) is 0 Å². The summed E-state index contributed by atoms with van der Waals surface area (Å²) in [5.74, 6) is 0.670. The first-order chi connectivity index (χ1) is 7.66. The zero-order valence-corrected chi connectivity index (χ0v) is 9.98. The highest BCUT2D eigenvalue weighted by Crippen LogP contribution is 2.42. The summed E-state index contributed by atoms with van der Waals surface area (Å²) < 4.78 is 0. The average Bonchev–Trinajstić information content (AvgIpc) is 2.33. The molecule has 1 aromatic rings. The summed E-state index contributed by atoms with van der Waals surface area (Å²) in [6.07, 6.45) is 8.44. The normalized spacial score (nSPS) is 32.9. The summed E-state index contributed by atoms with van der Waals surface area (Å²) in [5, 5.41) is 10.8. The molecular formula is C14H19NO. The SMILES string of the molecule is C/C=C1\CC(C)CCC1(O)c1cccnc1. The molecule has 1 aliphatic rings. The molecule has 1 heterocycles. The number of aromatic nitrogens is 1. The molecule has 1 saturated carbocycles. The van der Waals surface area contributed by atoms with Crippen molar-refractivity contribution < 1.29 is 5.11 Å². The topological polar surface area (TPSA) is 33.1 Å². The van der Waals surface area contributed by atoms with E-state index >= 15 is 0 Å². The highest BCUT2D eigenvalue weighted by Gasteiger charge is 2.37. The maximum Gasteiger partial charge on any atom is 0.112 e. The Kier molecular flexibility index (Phi) is 3.10. The summed E-state index contributed by atoms with van der Waals surface area (Å²) in [5.41, 5.74) is 1.28. The summed E-state index contributed by atoms with van der Waals surface area (Å²) in [7, 11) is 0. The maximum atomic E-state index is 10.8. The van der Waals surface area contributed by atoms with E-state index in [1.807, 2.05) is 19.1 Å². The number of rotatable bonds is 1. The highest BCUT2D eigenvalue weighted by atomic mass is 16.3. The second-order valence-corrected chi connectivity index (χ2v) is 4.76. The minimum atomic E-state index is -0.782. The molecular weight excluding hydrogens is 198 g/mol. The molecule has 1 fully saturated rings. The number of pyridine rings is 1. The van der Waals surface area contributed by atoms with Gasteiger partial charge in [-0.25, -0.2) is 0 Å². The second-order valence-electron chi connectivity index (χ2n) is 4.76. The summed E-state index contributed by atoms with van der Waals surface area (Å²) in [6.45, 7) is 4.25. The zero-order chi connectivity index (χ0) is 11.6. The van der Waals surface area contributed by atoms with E-state index in [1.54, 1.807) is 12.4 Å². The lowest BCUT2D eigenvalue weighted by molar-refractivity contribution is 0.0381. The van der Waals surface area contributed by atoms with E-state index in [1.165, 1.54) is 0 Å². The Morgan fingerprint density at radius 2 is 2.38 bits per heavy atom. The van der Waals surface area contributed by atoms with Crippen LogP contribution in [0, 0.1) is 5.92 Å². The number of aliphatic hydroxyl groups is 1. The van der Waals surface area contributed by atoms with Crippen molar-refractivity contribution in [3.8, 4) is 0 Å². The first-order valence-electron chi connectivity index (χ1n) is 5.95. The van der Waals surface area contributed by atoms with Gasteiger partial charge in [0.05, 0.1) is 0 Å². The number of allylic oxidation sites excluding steroid dienone is 1. The molecule has 16 heavy (non-hydrogen) atoms. The molecule has 0 spiro atoms. The molecule has 1 N–H and O–H groups in total. The van der Waals surface area contributed by atoms with E-state index in [-0.39, 0.29) is 0 Å². The molecule has 0 aromatic carbocycles. The second kappa shape index (κ2) is 4.38. The van der Waals surface area contributed by atoms with Gasteiger partial charge < -0.3 is 5.11 Å². The van der Waals surface area contributed by atoms with Crippen molar-refractivity contribution in [2.75, 3.05) is 0 Å². The predicted molar refractivity (Wildman–Crippen MR) is 64.9 cm³/mol. The molecule has 0 amide bonds. The molecule has 0 bridgehead atoms. The van der Waals surface area contributed by atoms with Gasteiger partial charge >= 0.3 is 0 Å². The molecule has 1 aromatic heterocycles. The third-order valence-corrected chi connectivity index (χ3v) is 3.59. The number of nitrogens with zero attached hydrogens (tertiary/aromatic N) is 1. The summed E-state index contributed by atoms with van der Waals surface area (Å²) in [4.78, 5) is 4.11. The summed E-state index contributed by atoms with van der Waals surface area (Å²) >= 11 is 0. The highest BCUT2D eigenvalue weighted by molar-refractivity contribution is 5.32. The van der Waals surface area contributed by atoms with Gasteiger partial charge in [-0.3, -0.25) is 4.98 Å². The molecule has 2 unspecified atom stereocenters. The largest absolute Gasteiger partial charge is 0.381 e. The van der Waals surface area contributed by atoms with Crippen LogP contribution in [0.5, 0.6) is 0 Å². The van der Waals surface area contributed by atoms with E-state index < -0.39 is 5.60 Å². The lowest BCUT2D eigenvalue weighted by Gasteiger charge is -2.37. The summed E-state index contributed by atoms with van der Waals surface area (Å²) in [6, 6.07) is 3.85. The van der Waals surface area contributed by atoms with Gasteiger partial charge in [-0.05, 0) is 43.7 Å². The third-order valence-electron chi connectivity index (χ3n) is 3.59. The molecule has 0 aliphatic heterocycles. The van der Waals surface area contributed by atoms with Gasteiger partial charge in [0.2, 0.25) is 0 Å². The smallest absolute Gasteiger partial charge is 0.112 e. The molecule has 2 heteroatoms. The lowest BCUT2D eigenvalue weighted by atomic mass is 9.72. The van der Waals surface area contributed by atoms with Crippen molar-refractivity contribution >= 4 is 0 Å². The molecule has 2 atom stereocenters. The van der Waals surface area contributed by atoms with Crippen LogP contribution in [0.1, 0.15) is 38.7 Å². The van der Waals surface area contributed by atoms with Crippen LogP contribution in [-0.2, 0) is 5.60 Å². The van der Waals surface area contributed by atoms with Crippen LogP contribution >= 0.6 is 0 Å². The first kappa shape index (κ1) is 11.3. The quantitative estimate of drug-likeness (QED) is 0.733. The standard InChI is InChI=1S/C14H19NO/c1-3-12-9-11(2)6-7-14(12,16)13-5-4-8-15-10-13/h3-5,8,10-11,16H,6-7,9H2,1-2H3/b12-3+. The van der Waals surface area contributed by atoms with Crippen LogP contribution in [0.25, 0.3) is 0 Å². The Balaban J connectivity index is 2.37. The van der Waals surface area contributed by atoms with E-state index in [4.69, 9.17) is 0 Å². The van der Waals surface area contributed by atoms with Crippen LogP contribution in [-0.4, -0.2) is 10.1 Å². The van der Waals surface area contributed by atoms with Crippen molar-refractivity contribution in [2.24, 2.45) is 5.92 Å². The van der Waals surface area contributed by atoms with Crippen molar-refractivity contribution in [1.29, 1.82) is 0 Å². The van der Waals surface area contributed by atoms with Crippen molar-refractivity contribution in [3.63, 3.8) is 0 Å². The minimum Gasteiger partial charge on any atom is -0.381 e. The first-order valence-corrected chi connectivity index (χ1v) is 5.95. The van der Waals surface area contributed by atoms with Gasteiger partial charge in [-0.2, -0.15) is 0 Å². The Hall–Kier alpha value is -1.15. The van der Waals surface area contributed by atoms with Gasteiger partial charge in [-0.1, -0.05) is 19.1 Å². The molecule has 0 saturated heterocycles. The van der Waals surface area contributed by atoms with Crippen molar-refractivity contribution in [1.82, 2.24) is 4.98 Å². The third kappa shape index (κ3) is 1.90. The number of hydrogen-bond acceptors (Lipinski definition) is 2. The van der Waals surface area contributed by atoms with Crippen LogP contribution in [0.2, 0.25) is 0 Å². The van der Waals surface area contributed by atoms with E-state index in [2.05, 4.69) is 18.0 Å². The fourth-order valence-electron chi connectivity index (χ4n) is 2.56. The molecule has 86 valence electrons. The van der Waals surface area contributed by atoms with Gasteiger partial charge in [0.1, 0.15) is 5.60 Å². The molecule has 2 nitrogen and oxygen atoms in total. The Morgan fingerprint density at radius 3 is 3.00 bits per heavy atom. The molecule has 1 aliphatic carbocycles. The lowest BCUT2D eigenvalue weighted by Crippen LogP contribution is -2.33. The van der Waals surface area contributed by atoms with Crippen LogP contribution in [0.15, 0.2) is 36.2 Å². The van der Waals surface area contributed by atoms with Crippen molar-refractivity contribution in [2.45, 2.75) is 38.7 Å². The van der Waals surface area contributed by atoms with Crippen molar-refractivity contribution in [3.05, 3.63) is 41.7 Å². The van der Waals surface area contributed by atoms with Gasteiger partial charge in [0, 0.05) is 18.0 Å². The Bertz CT molecular complexity index is 385. The van der Waals surface area contributed by atoms with Crippen LogP contribution < -0.4 is 0 Å². The Labute approximate surface area is 97.0 Å². The minimum absolute atomic E-state index is 0.670. The maximum absolute atomic E-state index is 10.8. The number of hydrogen-bond donors (Lipinski definition) is 1. The predicted octanol–water partition coefficient (Wildman–Crippen LogP) is 3.04. The Morgan fingerprint density at radius 1 is 1.56 bits per heavy atom. The van der Waals surface area contributed by atoms with Crippen LogP contribution in [0.3, 0.4) is 0 Å². The van der Waals surface area contributed by atoms with Crippen LogP contribution in [0.4, 0.5) is 0 Å².